The van der Waals surface area contributed by atoms with Crippen molar-refractivity contribution in [3.8, 4) is 0 Å². The van der Waals surface area contributed by atoms with Crippen molar-refractivity contribution >= 4 is 21.6 Å². The molecule has 0 amide bonds. The zero-order chi connectivity index (χ0) is 14.5. The Morgan fingerprint density at radius 2 is 2.15 bits per heavy atom. The van der Waals surface area contributed by atoms with Crippen LogP contribution in [0.4, 0.5) is 10.1 Å². The second-order valence-electron chi connectivity index (χ2n) is 4.56. The Balaban J connectivity index is 2.44. The van der Waals surface area contributed by atoms with Crippen LogP contribution < -0.4 is 11.1 Å². The Morgan fingerprint density at radius 3 is 2.80 bits per heavy atom. The fourth-order valence-electron chi connectivity index (χ4n) is 2.07. The molecule has 3 nitrogen and oxygen atoms in total. The van der Waals surface area contributed by atoms with Crippen molar-refractivity contribution in [2.75, 3.05) is 12.3 Å². The first-order valence-electron chi connectivity index (χ1n) is 6.51. The molecule has 1 aromatic carbocycles. The standard InChI is InChI=1S/C15H17BrFN3/c1-2-6-20-15(12-9-19-7-5-14(12)18)11-4-3-10(17)8-13(11)16/h3-5,7-9,15,20H,2,6H2,1H3,(H2,18,19). The van der Waals surface area contributed by atoms with Crippen LogP contribution in [0.25, 0.3) is 0 Å². The van der Waals surface area contributed by atoms with Gasteiger partial charge < -0.3 is 11.1 Å². The highest BCUT2D eigenvalue weighted by atomic mass is 79.9. The summed E-state index contributed by atoms with van der Waals surface area (Å²) in [6.07, 6.45) is 4.41. The minimum absolute atomic E-state index is 0.112. The Kier molecular flexibility index (Phi) is 5.09. The molecule has 3 N–H and O–H groups in total. The summed E-state index contributed by atoms with van der Waals surface area (Å²) in [6.45, 7) is 2.93. The van der Waals surface area contributed by atoms with E-state index in [0.29, 0.717) is 10.2 Å². The number of pyridine rings is 1. The highest BCUT2D eigenvalue weighted by molar-refractivity contribution is 9.10. The second kappa shape index (κ2) is 6.81. The van der Waals surface area contributed by atoms with Crippen molar-refractivity contribution in [1.82, 2.24) is 10.3 Å². The van der Waals surface area contributed by atoms with Crippen LogP contribution in [0, 0.1) is 5.82 Å². The van der Waals surface area contributed by atoms with Crippen molar-refractivity contribution < 1.29 is 4.39 Å². The number of nitrogens with two attached hydrogens (primary N) is 1. The monoisotopic (exact) mass is 337 g/mol. The van der Waals surface area contributed by atoms with Gasteiger partial charge in [-0.15, -0.1) is 0 Å². The number of benzene rings is 1. The summed E-state index contributed by atoms with van der Waals surface area (Å²) in [7, 11) is 0. The number of hydrogen-bond acceptors (Lipinski definition) is 3. The number of anilines is 1. The van der Waals surface area contributed by atoms with Gasteiger partial charge >= 0.3 is 0 Å². The van der Waals surface area contributed by atoms with Crippen LogP contribution in [-0.4, -0.2) is 11.5 Å². The molecule has 0 spiro atoms. The first kappa shape index (κ1) is 14.9. The predicted octanol–water partition coefficient (Wildman–Crippen LogP) is 3.65. The lowest BCUT2D eigenvalue weighted by atomic mass is 9.98. The SMILES string of the molecule is CCCNC(c1cnccc1N)c1ccc(F)cc1Br. The first-order valence-corrected chi connectivity index (χ1v) is 7.30. The van der Waals surface area contributed by atoms with Crippen molar-refractivity contribution in [3.05, 3.63) is 58.1 Å². The minimum atomic E-state index is -0.269. The van der Waals surface area contributed by atoms with Gasteiger partial charge in [-0.25, -0.2) is 4.39 Å². The Labute approximate surface area is 126 Å². The van der Waals surface area contributed by atoms with E-state index in [1.165, 1.54) is 12.1 Å². The van der Waals surface area contributed by atoms with Gasteiger partial charge in [0.05, 0.1) is 6.04 Å². The maximum Gasteiger partial charge on any atom is 0.124 e. The molecule has 106 valence electrons. The molecule has 5 heteroatoms. The van der Waals surface area contributed by atoms with E-state index >= 15 is 0 Å². The highest BCUT2D eigenvalue weighted by Gasteiger charge is 2.19. The summed E-state index contributed by atoms with van der Waals surface area (Å²) in [6, 6.07) is 6.33. The van der Waals surface area contributed by atoms with E-state index in [0.717, 1.165) is 24.1 Å². The van der Waals surface area contributed by atoms with E-state index in [9.17, 15) is 4.39 Å². The van der Waals surface area contributed by atoms with E-state index in [1.54, 1.807) is 24.5 Å². The van der Waals surface area contributed by atoms with E-state index in [2.05, 4.69) is 33.2 Å². The largest absolute Gasteiger partial charge is 0.398 e. The van der Waals surface area contributed by atoms with Crippen molar-refractivity contribution in [3.63, 3.8) is 0 Å². The lowest BCUT2D eigenvalue weighted by Gasteiger charge is -2.22. The van der Waals surface area contributed by atoms with Crippen LogP contribution in [0.15, 0.2) is 41.1 Å². The van der Waals surface area contributed by atoms with Crippen molar-refractivity contribution in [2.45, 2.75) is 19.4 Å². The van der Waals surface area contributed by atoms with Gasteiger partial charge in [0, 0.05) is 28.1 Å². The number of nitrogen functional groups attached to an aromatic ring is 1. The normalized spacial score (nSPS) is 12.3. The van der Waals surface area contributed by atoms with Crippen molar-refractivity contribution in [1.29, 1.82) is 0 Å². The van der Waals surface area contributed by atoms with Crippen LogP contribution >= 0.6 is 15.9 Å². The van der Waals surface area contributed by atoms with Gasteiger partial charge in [0.2, 0.25) is 0 Å². The summed E-state index contributed by atoms with van der Waals surface area (Å²) in [5, 5.41) is 3.43. The summed E-state index contributed by atoms with van der Waals surface area (Å²) in [4.78, 5) is 4.14. The summed E-state index contributed by atoms with van der Waals surface area (Å²) >= 11 is 3.42. The molecular formula is C15H17BrFN3. The molecule has 1 unspecified atom stereocenters. The van der Waals surface area contributed by atoms with Gasteiger partial charge in [-0.3, -0.25) is 4.98 Å². The first-order chi connectivity index (χ1) is 9.63. The van der Waals surface area contributed by atoms with Crippen LogP contribution in [0.3, 0.4) is 0 Å². The molecule has 0 bridgehead atoms. The molecule has 0 radical (unpaired) electrons. The zero-order valence-electron chi connectivity index (χ0n) is 11.2. The average molecular weight is 338 g/mol. The smallest absolute Gasteiger partial charge is 0.124 e. The van der Waals surface area contributed by atoms with E-state index < -0.39 is 0 Å². The number of nitrogens with one attached hydrogen (secondary N) is 1. The van der Waals surface area contributed by atoms with Crippen LogP contribution in [0.5, 0.6) is 0 Å². The number of aromatic nitrogens is 1. The second-order valence-corrected chi connectivity index (χ2v) is 5.41. The summed E-state index contributed by atoms with van der Waals surface area (Å²) < 4.78 is 14.0. The Bertz CT molecular complexity index is 589. The fraction of sp³-hybridized carbons (Fsp3) is 0.267. The molecule has 2 aromatic rings. The molecule has 0 saturated heterocycles. The predicted molar refractivity (Wildman–Crippen MR) is 82.9 cm³/mol. The zero-order valence-corrected chi connectivity index (χ0v) is 12.8. The van der Waals surface area contributed by atoms with E-state index in [1.807, 2.05) is 0 Å². The molecule has 1 aromatic heterocycles. The maximum atomic E-state index is 13.3. The van der Waals surface area contributed by atoms with E-state index in [-0.39, 0.29) is 11.9 Å². The summed E-state index contributed by atoms with van der Waals surface area (Å²) in [5.74, 6) is -0.269. The lowest BCUT2D eigenvalue weighted by Crippen LogP contribution is -2.24. The molecule has 0 aliphatic rings. The van der Waals surface area contributed by atoms with Crippen LogP contribution in [0.2, 0.25) is 0 Å². The summed E-state index contributed by atoms with van der Waals surface area (Å²) in [5.41, 5.74) is 8.55. The molecule has 0 saturated carbocycles. The quantitative estimate of drug-likeness (QED) is 0.875. The van der Waals surface area contributed by atoms with Gasteiger partial charge in [0.1, 0.15) is 5.82 Å². The van der Waals surface area contributed by atoms with Gasteiger partial charge in [0.25, 0.3) is 0 Å². The number of halogens is 2. The number of hydrogen-bond donors (Lipinski definition) is 2. The van der Waals surface area contributed by atoms with Gasteiger partial charge in [-0.1, -0.05) is 28.9 Å². The van der Waals surface area contributed by atoms with Gasteiger partial charge in [-0.2, -0.15) is 0 Å². The number of rotatable bonds is 5. The molecule has 2 rings (SSSR count). The molecule has 0 aliphatic heterocycles. The third-order valence-electron chi connectivity index (χ3n) is 3.07. The lowest BCUT2D eigenvalue weighted by molar-refractivity contribution is 0.590. The van der Waals surface area contributed by atoms with Crippen molar-refractivity contribution in [2.24, 2.45) is 0 Å². The third-order valence-corrected chi connectivity index (χ3v) is 3.76. The average Bonchev–Trinajstić information content (AvgIpc) is 2.42. The van der Waals surface area contributed by atoms with E-state index in [4.69, 9.17) is 5.73 Å². The molecule has 0 aliphatic carbocycles. The third kappa shape index (κ3) is 3.35. The van der Waals surface area contributed by atoms with Gasteiger partial charge in [0.15, 0.2) is 0 Å². The Morgan fingerprint density at radius 1 is 1.35 bits per heavy atom. The fourth-order valence-corrected chi connectivity index (χ4v) is 2.65. The molecular weight excluding hydrogens is 321 g/mol. The molecule has 1 heterocycles. The molecule has 20 heavy (non-hydrogen) atoms. The number of nitrogens with zero attached hydrogens (tertiary/aromatic N) is 1. The topological polar surface area (TPSA) is 50.9 Å². The van der Waals surface area contributed by atoms with Gasteiger partial charge in [-0.05, 0) is 36.7 Å². The minimum Gasteiger partial charge on any atom is -0.398 e. The van der Waals surface area contributed by atoms with Crippen LogP contribution in [0.1, 0.15) is 30.5 Å². The Hall–Kier alpha value is -1.46. The molecule has 1 atom stereocenters. The molecule has 0 fully saturated rings. The van der Waals surface area contributed by atoms with Crippen LogP contribution in [-0.2, 0) is 0 Å². The maximum absolute atomic E-state index is 13.3. The highest BCUT2D eigenvalue weighted by Crippen LogP contribution is 2.31.